The highest BCUT2D eigenvalue weighted by molar-refractivity contribution is 5.88. The molecule has 0 spiro atoms. The minimum atomic E-state index is -0.592. The van der Waals surface area contributed by atoms with Crippen LogP contribution in [-0.4, -0.2) is 39.7 Å². The fourth-order valence-electron chi connectivity index (χ4n) is 3.29. The molecule has 0 atom stereocenters. The zero-order valence-corrected chi connectivity index (χ0v) is 18.9. The minimum absolute atomic E-state index is 0.0557. The molecule has 0 radical (unpaired) electrons. The van der Waals surface area contributed by atoms with Gasteiger partial charge in [0.25, 0.3) is 0 Å². The van der Waals surface area contributed by atoms with Crippen LogP contribution in [0, 0.1) is 13.8 Å². The summed E-state index contributed by atoms with van der Waals surface area (Å²) in [6, 6.07) is 14.8. The molecule has 0 bridgehead atoms. The molecular weight excluding hydrogens is 424 g/mol. The average molecular weight is 448 g/mol. The van der Waals surface area contributed by atoms with Crippen molar-refractivity contribution in [1.29, 1.82) is 0 Å². The first-order valence-electron chi connectivity index (χ1n) is 10.4. The van der Waals surface area contributed by atoms with Gasteiger partial charge in [-0.1, -0.05) is 17.3 Å². The van der Waals surface area contributed by atoms with Gasteiger partial charge in [-0.3, -0.25) is 0 Å². The number of oxazole rings is 1. The Balaban J connectivity index is 1.48. The van der Waals surface area contributed by atoms with Crippen LogP contribution in [-0.2, 0) is 11.3 Å². The van der Waals surface area contributed by atoms with E-state index in [0.29, 0.717) is 35.4 Å². The molecule has 170 valence electrons. The first-order chi connectivity index (χ1) is 16.0. The van der Waals surface area contributed by atoms with E-state index in [1.165, 1.54) is 0 Å². The Labute approximate surface area is 190 Å². The Morgan fingerprint density at radius 2 is 1.85 bits per heavy atom. The molecule has 0 N–H and O–H groups in total. The van der Waals surface area contributed by atoms with E-state index >= 15 is 0 Å². The fraction of sp³-hybridized carbons (Fsp3) is 0.250. The van der Waals surface area contributed by atoms with Crippen LogP contribution < -0.4 is 9.47 Å². The maximum absolute atomic E-state index is 12.7. The Bertz CT molecular complexity index is 1260. The molecule has 9 nitrogen and oxygen atoms in total. The molecule has 2 heterocycles. The Morgan fingerprint density at radius 1 is 1.09 bits per heavy atom. The maximum atomic E-state index is 12.7. The van der Waals surface area contributed by atoms with Crippen molar-refractivity contribution in [2.45, 2.75) is 27.4 Å². The van der Waals surface area contributed by atoms with Gasteiger partial charge in [-0.15, -0.1) is 5.10 Å². The molecule has 0 saturated carbocycles. The van der Waals surface area contributed by atoms with Gasteiger partial charge in [-0.25, -0.2) is 14.5 Å². The number of hydrogen-bond acceptors (Lipinski definition) is 8. The molecule has 0 aliphatic heterocycles. The van der Waals surface area contributed by atoms with Crippen molar-refractivity contribution in [3.63, 3.8) is 0 Å². The van der Waals surface area contributed by atoms with Crippen molar-refractivity contribution < 1.29 is 23.4 Å². The van der Waals surface area contributed by atoms with Crippen molar-refractivity contribution >= 4 is 5.97 Å². The number of nitrogens with zero attached hydrogens (tertiary/aromatic N) is 4. The number of benzene rings is 2. The Kier molecular flexibility index (Phi) is 6.39. The summed E-state index contributed by atoms with van der Waals surface area (Å²) >= 11 is 0. The predicted molar refractivity (Wildman–Crippen MR) is 120 cm³/mol. The second kappa shape index (κ2) is 9.56. The number of esters is 1. The molecule has 33 heavy (non-hydrogen) atoms. The highest BCUT2D eigenvalue weighted by Crippen LogP contribution is 2.30. The molecule has 0 unspecified atom stereocenters. The number of carbonyl (C=O) groups is 1. The van der Waals surface area contributed by atoms with E-state index in [1.807, 2.05) is 55.5 Å². The van der Waals surface area contributed by atoms with Crippen LogP contribution >= 0.6 is 0 Å². The molecule has 2 aromatic carbocycles. The molecule has 0 fully saturated rings. The molecule has 0 aliphatic rings. The van der Waals surface area contributed by atoms with E-state index in [-0.39, 0.29) is 12.3 Å². The van der Waals surface area contributed by atoms with Crippen LogP contribution in [0.25, 0.3) is 17.1 Å². The van der Waals surface area contributed by atoms with Crippen LogP contribution in [0.5, 0.6) is 11.5 Å². The third-order valence-electron chi connectivity index (χ3n) is 5.05. The summed E-state index contributed by atoms with van der Waals surface area (Å²) in [6.07, 6.45) is 0. The van der Waals surface area contributed by atoms with Crippen LogP contribution in [0.2, 0.25) is 0 Å². The highest BCUT2D eigenvalue weighted by atomic mass is 16.5. The van der Waals surface area contributed by atoms with Gasteiger partial charge >= 0.3 is 5.97 Å². The number of aryl methyl sites for hydroxylation is 1. The van der Waals surface area contributed by atoms with Crippen LogP contribution in [0.1, 0.15) is 34.6 Å². The molecule has 4 aromatic rings. The average Bonchev–Trinajstić information content (AvgIpc) is 3.40. The third-order valence-corrected chi connectivity index (χ3v) is 5.05. The van der Waals surface area contributed by atoms with Crippen LogP contribution in [0.3, 0.4) is 0 Å². The lowest BCUT2D eigenvalue weighted by molar-refractivity contribution is 0.0459. The summed E-state index contributed by atoms with van der Waals surface area (Å²) in [5.74, 6) is 1.77. The highest BCUT2D eigenvalue weighted by Gasteiger charge is 2.21. The second-order valence-corrected chi connectivity index (χ2v) is 7.16. The van der Waals surface area contributed by atoms with Gasteiger partial charge in [0.1, 0.15) is 29.6 Å². The van der Waals surface area contributed by atoms with Gasteiger partial charge in [0.2, 0.25) is 5.89 Å². The largest absolute Gasteiger partial charge is 0.497 e. The van der Waals surface area contributed by atoms with Crippen LogP contribution in [0.15, 0.2) is 52.9 Å². The van der Waals surface area contributed by atoms with E-state index in [9.17, 15) is 4.79 Å². The number of hydrogen-bond donors (Lipinski definition) is 0. The monoisotopic (exact) mass is 448 g/mol. The zero-order chi connectivity index (χ0) is 23.4. The van der Waals surface area contributed by atoms with Gasteiger partial charge < -0.3 is 18.6 Å². The lowest BCUT2D eigenvalue weighted by Crippen LogP contribution is -2.09. The molecule has 4 rings (SSSR count). The zero-order valence-electron chi connectivity index (χ0n) is 18.9. The smallest absolute Gasteiger partial charge is 0.361 e. The number of aromatic nitrogens is 4. The number of rotatable bonds is 8. The Morgan fingerprint density at radius 3 is 2.58 bits per heavy atom. The Hall–Kier alpha value is -4.14. The van der Waals surface area contributed by atoms with Gasteiger partial charge in [-0.2, -0.15) is 0 Å². The van der Waals surface area contributed by atoms with E-state index < -0.39 is 5.97 Å². The maximum Gasteiger partial charge on any atom is 0.361 e. The van der Waals surface area contributed by atoms with E-state index in [2.05, 4.69) is 15.3 Å². The lowest BCUT2D eigenvalue weighted by atomic mass is 10.2. The lowest BCUT2D eigenvalue weighted by Gasteiger charge is -2.06. The van der Waals surface area contributed by atoms with Crippen molar-refractivity contribution in [1.82, 2.24) is 20.0 Å². The molecule has 0 amide bonds. The van der Waals surface area contributed by atoms with Crippen molar-refractivity contribution in [2.75, 3.05) is 13.7 Å². The fourth-order valence-corrected chi connectivity index (χ4v) is 3.29. The number of ether oxygens (including phenoxy) is 3. The summed E-state index contributed by atoms with van der Waals surface area (Å²) in [5.41, 5.74) is 2.70. The second-order valence-electron chi connectivity index (χ2n) is 7.16. The first kappa shape index (κ1) is 22.1. The van der Waals surface area contributed by atoms with Crippen LogP contribution in [0.4, 0.5) is 0 Å². The topological polar surface area (TPSA) is 102 Å². The standard InChI is InChI=1S/C24H24N4O5/c1-5-31-21-9-7-6-8-19(21)23-25-20(16(3)33-23)14-32-24(29)22-15(2)28(27-26-22)17-10-12-18(30-4)13-11-17/h6-13H,5,14H2,1-4H3. The summed E-state index contributed by atoms with van der Waals surface area (Å²) in [7, 11) is 1.60. The van der Waals surface area contributed by atoms with E-state index in [1.54, 1.807) is 25.6 Å². The summed E-state index contributed by atoms with van der Waals surface area (Å²) < 4.78 is 23.7. The first-order valence-corrected chi connectivity index (χ1v) is 10.4. The SMILES string of the molecule is CCOc1ccccc1-c1nc(COC(=O)c2nnn(-c3ccc(OC)cc3)c2C)c(C)o1. The number of carbonyl (C=O) groups excluding carboxylic acids is 1. The normalized spacial score (nSPS) is 10.8. The van der Waals surface area contributed by atoms with Crippen molar-refractivity contribution in [2.24, 2.45) is 0 Å². The molecule has 9 heteroatoms. The van der Waals surface area contributed by atoms with Crippen molar-refractivity contribution in [3.8, 4) is 28.6 Å². The van der Waals surface area contributed by atoms with Gasteiger partial charge in [0.05, 0.1) is 30.7 Å². The number of para-hydroxylation sites is 1. The van der Waals surface area contributed by atoms with Gasteiger partial charge in [-0.05, 0) is 57.2 Å². The third kappa shape index (κ3) is 4.57. The molecule has 0 aliphatic carbocycles. The van der Waals surface area contributed by atoms with Crippen molar-refractivity contribution in [3.05, 3.63) is 71.4 Å². The van der Waals surface area contributed by atoms with E-state index in [4.69, 9.17) is 18.6 Å². The van der Waals surface area contributed by atoms with Gasteiger partial charge in [0, 0.05) is 0 Å². The minimum Gasteiger partial charge on any atom is -0.497 e. The van der Waals surface area contributed by atoms with E-state index in [0.717, 1.165) is 17.0 Å². The van der Waals surface area contributed by atoms with Gasteiger partial charge in [0.15, 0.2) is 5.69 Å². The summed E-state index contributed by atoms with van der Waals surface area (Å²) in [6.45, 7) is 5.91. The summed E-state index contributed by atoms with van der Waals surface area (Å²) in [4.78, 5) is 17.2. The quantitative estimate of drug-likeness (QED) is 0.368. The molecule has 2 aromatic heterocycles. The predicted octanol–water partition coefficient (Wildman–Crippen LogP) is 4.30. The molecular formula is C24H24N4O5. The molecule has 0 saturated heterocycles. The number of methoxy groups -OCH3 is 1. The summed E-state index contributed by atoms with van der Waals surface area (Å²) in [5, 5.41) is 8.08.